The number of unbranched alkanes of at least 4 members (excludes halogenated alkanes) is 2. The number of nitrogens with one attached hydrogen (secondary N) is 1. The highest BCUT2D eigenvalue weighted by atomic mass is 16.5. The minimum absolute atomic E-state index is 0.634. The first-order valence-electron chi connectivity index (χ1n) is 11.3. The second-order valence-corrected chi connectivity index (χ2v) is 7.69. The fourth-order valence-electron chi connectivity index (χ4n) is 3.34. The van der Waals surface area contributed by atoms with Crippen molar-refractivity contribution in [3.05, 3.63) is 96.6 Å². The summed E-state index contributed by atoms with van der Waals surface area (Å²) in [6, 6.07) is 29.9. The fourth-order valence-corrected chi connectivity index (χ4v) is 3.34. The van der Waals surface area contributed by atoms with Gasteiger partial charge in [-0.2, -0.15) is 5.10 Å². The van der Waals surface area contributed by atoms with E-state index in [4.69, 9.17) is 9.72 Å². The van der Waals surface area contributed by atoms with E-state index in [2.05, 4.69) is 22.4 Å². The van der Waals surface area contributed by atoms with E-state index in [1.165, 1.54) is 12.8 Å². The number of hydrogen-bond acceptors (Lipinski definition) is 5. The summed E-state index contributed by atoms with van der Waals surface area (Å²) in [5, 5.41) is 4.39. The summed E-state index contributed by atoms with van der Waals surface area (Å²) in [4.78, 5) is 9.44. The Morgan fingerprint density at radius 1 is 0.818 bits per heavy atom. The first-order chi connectivity index (χ1) is 16.3. The van der Waals surface area contributed by atoms with E-state index in [-0.39, 0.29) is 0 Å². The third kappa shape index (κ3) is 6.50. The van der Waals surface area contributed by atoms with Gasteiger partial charge in [-0.05, 0) is 36.2 Å². The van der Waals surface area contributed by atoms with E-state index in [9.17, 15) is 0 Å². The zero-order valence-electron chi connectivity index (χ0n) is 18.8. The van der Waals surface area contributed by atoms with E-state index in [0.717, 1.165) is 41.2 Å². The molecule has 0 amide bonds. The zero-order chi connectivity index (χ0) is 22.7. The van der Waals surface area contributed by atoms with Crippen molar-refractivity contribution in [2.45, 2.75) is 26.2 Å². The van der Waals surface area contributed by atoms with E-state index >= 15 is 0 Å². The van der Waals surface area contributed by atoms with E-state index in [1.54, 1.807) is 6.21 Å². The van der Waals surface area contributed by atoms with Crippen molar-refractivity contribution < 1.29 is 4.74 Å². The minimum Gasteiger partial charge on any atom is -0.494 e. The molecule has 0 unspecified atom stereocenters. The van der Waals surface area contributed by atoms with Crippen LogP contribution in [0.4, 0.5) is 5.82 Å². The van der Waals surface area contributed by atoms with Crippen molar-refractivity contribution in [2.24, 2.45) is 5.10 Å². The molecule has 5 heteroatoms. The highest BCUT2D eigenvalue weighted by Crippen LogP contribution is 2.24. The molecule has 166 valence electrons. The Bertz CT molecular complexity index is 1100. The van der Waals surface area contributed by atoms with Crippen LogP contribution in [-0.4, -0.2) is 22.8 Å². The topological polar surface area (TPSA) is 59.4 Å². The maximum absolute atomic E-state index is 5.77. The van der Waals surface area contributed by atoms with Gasteiger partial charge >= 0.3 is 0 Å². The Morgan fingerprint density at radius 3 is 2.21 bits per heavy atom. The molecule has 4 aromatic rings. The van der Waals surface area contributed by atoms with Gasteiger partial charge < -0.3 is 4.74 Å². The summed E-state index contributed by atoms with van der Waals surface area (Å²) in [5.74, 6) is 2.17. The van der Waals surface area contributed by atoms with Crippen LogP contribution in [0.3, 0.4) is 0 Å². The summed E-state index contributed by atoms with van der Waals surface area (Å²) in [7, 11) is 0. The van der Waals surface area contributed by atoms with Crippen molar-refractivity contribution in [3.63, 3.8) is 0 Å². The lowest BCUT2D eigenvalue weighted by molar-refractivity contribution is 0.306. The van der Waals surface area contributed by atoms with Gasteiger partial charge in [0.05, 0.1) is 18.5 Å². The molecule has 0 aliphatic rings. The van der Waals surface area contributed by atoms with Crippen molar-refractivity contribution in [2.75, 3.05) is 12.0 Å². The number of hydrazone groups is 1. The van der Waals surface area contributed by atoms with Gasteiger partial charge in [0.15, 0.2) is 11.6 Å². The van der Waals surface area contributed by atoms with Gasteiger partial charge in [-0.3, -0.25) is 5.43 Å². The third-order valence-electron chi connectivity index (χ3n) is 5.12. The number of hydrogen-bond donors (Lipinski definition) is 1. The van der Waals surface area contributed by atoms with Crippen LogP contribution in [0.25, 0.3) is 22.6 Å². The standard InChI is InChI=1S/C28H28N4O/c1-2-3-10-19-33-25-17-15-22(16-18-25)21-29-32-27-20-26(23-11-6-4-7-12-23)30-28(31-27)24-13-8-5-9-14-24/h4-9,11-18,20-21H,2-3,10,19H2,1H3,(H,30,31,32). The first kappa shape index (κ1) is 22.2. The quantitative estimate of drug-likeness (QED) is 0.168. The number of nitrogens with zero attached hydrogens (tertiary/aromatic N) is 3. The van der Waals surface area contributed by atoms with Crippen LogP contribution >= 0.6 is 0 Å². The lowest BCUT2D eigenvalue weighted by atomic mass is 10.1. The minimum atomic E-state index is 0.634. The highest BCUT2D eigenvalue weighted by molar-refractivity contribution is 5.80. The van der Waals surface area contributed by atoms with Crippen molar-refractivity contribution in [3.8, 4) is 28.4 Å². The van der Waals surface area contributed by atoms with Crippen LogP contribution in [0.15, 0.2) is 96.1 Å². The Balaban J connectivity index is 1.48. The molecule has 0 atom stereocenters. The molecule has 0 fully saturated rings. The smallest absolute Gasteiger partial charge is 0.162 e. The maximum atomic E-state index is 5.77. The number of rotatable bonds is 10. The Kier molecular flexibility index (Phi) is 7.79. The largest absolute Gasteiger partial charge is 0.494 e. The van der Waals surface area contributed by atoms with Crippen LogP contribution in [0.5, 0.6) is 5.75 Å². The molecule has 5 nitrogen and oxygen atoms in total. The third-order valence-corrected chi connectivity index (χ3v) is 5.12. The first-order valence-corrected chi connectivity index (χ1v) is 11.3. The number of benzene rings is 3. The number of anilines is 1. The van der Waals surface area contributed by atoms with Gasteiger partial charge in [0.2, 0.25) is 0 Å². The van der Waals surface area contributed by atoms with Crippen molar-refractivity contribution >= 4 is 12.0 Å². The lowest BCUT2D eigenvalue weighted by Gasteiger charge is -2.08. The number of aromatic nitrogens is 2. The second-order valence-electron chi connectivity index (χ2n) is 7.69. The second kappa shape index (κ2) is 11.6. The maximum Gasteiger partial charge on any atom is 0.162 e. The normalized spacial score (nSPS) is 10.9. The van der Waals surface area contributed by atoms with Gasteiger partial charge in [0.25, 0.3) is 0 Å². The summed E-state index contributed by atoms with van der Waals surface area (Å²) in [5.41, 5.74) is 6.86. The summed E-state index contributed by atoms with van der Waals surface area (Å²) in [6.07, 6.45) is 5.24. The molecule has 1 aromatic heterocycles. The molecular weight excluding hydrogens is 408 g/mol. The molecule has 3 aromatic carbocycles. The highest BCUT2D eigenvalue weighted by Gasteiger charge is 2.08. The van der Waals surface area contributed by atoms with E-state index < -0.39 is 0 Å². The predicted molar refractivity (Wildman–Crippen MR) is 136 cm³/mol. The van der Waals surface area contributed by atoms with Gasteiger partial charge in [-0.1, -0.05) is 80.4 Å². The van der Waals surface area contributed by atoms with Gasteiger partial charge in [0, 0.05) is 17.2 Å². The molecule has 0 spiro atoms. The van der Waals surface area contributed by atoms with Crippen molar-refractivity contribution in [1.82, 2.24) is 9.97 Å². The van der Waals surface area contributed by atoms with Gasteiger partial charge in [-0.15, -0.1) is 0 Å². The molecule has 33 heavy (non-hydrogen) atoms. The summed E-state index contributed by atoms with van der Waals surface area (Å²) < 4.78 is 5.77. The van der Waals surface area contributed by atoms with Crippen LogP contribution in [0.1, 0.15) is 31.7 Å². The molecule has 0 saturated carbocycles. The molecule has 0 aliphatic carbocycles. The Labute approximate surface area is 195 Å². The average Bonchev–Trinajstić information content (AvgIpc) is 2.88. The molecular formula is C28H28N4O. The SMILES string of the molecule is CCCCCOc1ccc(C=NNc2cc(-c3ccccc3)nc(-c3ccccc3)n2)cc1. The molecule has 4 rings (SSSR count). The van der Waals surface area contributed by atoms with Crippen LogP contribution in [0.2, 0.25) is 0 Å². The molecule has 1 N–H and O–H groups in total. The molecule has 0 saturated heterocycles. The monoisotopic (exact) mass is 436 g/mol. The van der Waals surface area contributed by atoms with E-state index in [1.807, 2.05) is 91.0 Å². The molecule has 0 aliphatic heterocycles. The molecule has 0 bridgehead atoms. The Morgan fingerprint density at radius 2 is 1.52 bits per heavy atom. The van der Waals surface area contributed by atoms with Gasteiger partial charge in [-0.25, -0.2) is 9.97 Å². The summed E-state index contributed by atoms with van der Waals surface area (Å²) >= 11 is 0. The zero-order valence-corrected chi connectivity index (χ0v) is 18.8. The average molecular weight is 437 g/mol. The Hall–Kier alpha value is -3.99. The fraction of sp³-hybridized carbons (Fsp3) is 0.179. The molecule has 1 heterocycles. The predicted octanol–water partition coefficient (Wildman–Crippen LogP) is 6.83. The van der Waals surface area contributed by atoms with E-state index in [0.29, 0.717) is 11.6 Å². The van der Waals surface area contributed by atoms with Crippen LogP contribution in [0, 0.1) is 0 Å². The lowest BCUT2D eigenvalue weighted by Crippen LogP contribution is -1.99. The van der Waals surface area contributed by atoms with Crippen LogP contribution < -0.4 is 10.2 Å². The van der Waals surface area contributed by atoms with Crippen molar-refractivity contribution in [1.29, 1.82) is 0 Å². The van der Waals surface area contributed by atoms with Gasteiger partial charge in [0.1, 0.15) is 5.75 Å². The molecule has 0 radical (unpaired) electrons. The number of ether oxygens (including phenoxy) is 1. The summed E-state index contributed by atoms with van der Waals surface area (Å²) in [6.45, 7) is 2.94. The van der Waals surface area contributed by atoms with Crippen LogP contribution in [-0.2, 0) is 0 Å².